The van der Waals surface area contributed by atoms with Crippen molar-refractivity contribution in [2.45, 2.75) is 59.0 Å². The van der Waals surface area contributed by atoms with Crippen LogP contribution >= 0.6 is 0 Å². The number of anilines is 3. The van der Waals surface area contributed by atoms with E-state index in [0.717, 1.165) is 30.8 Å². The summed E-state index contributed by atoms with van der Waals surface area (Å²) in [5, 5.41) is 3.06. The monoisotopic (exact) mass is 625 g/mol. The summed E-state index contributed by atoms with van der Waals surface area (Å²) in [5.74, 6) is -0.121. The number of piperidine rings is 1. The fraction of sp³-hybridized carbons (Fsp3) is 0.378. The average Bonchev–Trinajstić information content (AvgIpc) is 3.47. The van der Waals surface area contributed by atoms with Gasteiger partial charge in [0.15, 0.2) is 0 Å². The van der Waals surface area contributed by atoms with Crippen molar-refractivity contribution < 1.29 is 28.6 Å². The molecule has 0 aliphatic carbocycles. The molecule has 5 rings (SSSR count). The minimum absolute atomic E-state index is 0.106. The fourth-order valence-corrected chi connectivity index (χ4v) is 6.11. The van der Waals surface area contributed by atoms with E-state index in [0.29, 0.717) is 59.0 Å². The van der Waals surface area contributed by atoms with E-state index in [1.807, 2.05) is 80.6 Å². The third-order valence-corrected chi connectivity index (χ3v) is 8.64. The van der Waals surface area contributed by atoms with Gasteiger partial charge in [0, 0.05) is 24.1 Å². The molecule has 0 radical (unpaired) electrons. The number of cyclic esters (lactones) is 1. The number of urea groups is 1. The minimum Gasteiger partial charge on any atom is -0.496 e. The third-order valence-electron chi connectivity index (χ3n) is 8.64. The SMILES string of the molecule is COc1c(C)c2c(c(NC(=O)N(c3ccccc3)c3ccccc3)c1CC=C(C)CCC(=O)OCCN1CCCCC1)C(=O)OC2. The van der Waals surface area contributed by atoms with Gasteiger partial charge in [0.05, 0.1) is 29.7 Å². The lowest BCUT2D eigenvalue weighted by Crippen LogP contribution is -2.33. The molecule has 0 aromatic heterocycles. The van der Waals surface area contributed by atoms with Crippen LogP contribution < -0.4 is 15.0 Å². The van der Waals surface area contributed by atoms with Crippen LogP contribution in [-0.2, 0) is 27.3 Å². The minimum atomic E-state index is -0.490. The van der Waals surface area contributed by atoms with Crippen LogP contribution in [0.5, 0.6) is 5.75 Å². The summed E-state index contributed by atoms with van der Waals surface area (Å²) in [6, 6.07) is 18.2. The van der Waals surface area contributed by atoms with Gasteiger partial charge in [-0.2, -0.15) is 0 Å². The lowest BCUT2D eigenvalue weighted by atomic mass is 9.93. The molecule has 0 atom stereocenters. The first kappa shape index (κ1) is 32.8. The summed E-state index contributed by atoms with van der Waals surface area (Å²) in [6.45, 7) is 7.30. The molecule has 1 N–H and O–H groups in total. The Kier molecular flexibility index (Phi) is 11.1. The van der Waals surface area contributed by atoms with Gasteiger partial charge in [0.25, 0.3) is 0 Å². The molecule has 2 heterocycles. The van der Waals surface area contributed by atoms with Crippen LogP contribution in [0, 0.1) is 6.92 Å². The summed E-state index contributed by atoms with van der Waals surface area (Å²) >= 11 is 0. The van der Waals surface area contributed by atoms with E-state index in [1.165, 1.54) is 19.3 Å². The van der Waals surface area contributed by atoms with E-state index in [4.69, 9.17) is 14.2 Å². The number of carbonyl (C=O) groups is 3. The van der Waals surface area contributed by atoms with Crippen molar-refractivity contribution in [1.82, 2.24) is 4.90 Å². The third kappa shape index (κ3) is 7.77. The topological polar surface area (TPSA) is 97.4 Å². The Morgan fingerprint density at radius 2 is 1.63 bits per heavy atom. The van der Waals surface area contributed by atoms with Gasteiger partial charge in [0.1, 0.15) is 19.0 Å². The van der Waals surface area contributed by atoms with Crippen LogP contribution in [0.4, 0.5) is 21.9 Å². The Labute approximate surface area is 271 Å². The van der Waals surface area contributed by atoms with Gasteiger partial charge in [-0.15, -0.1) is 0 Å². The molecule has 3 aromatic rings. The van der Waals surface area contributed by atoms with Crippen LogP contribution in [0.2, 0.25) is 0 Å². The Morgan fingerprint density at radius 3 is 2.26 bits per heavy atom. The van der Waals surface area contributed by atoms with Gasteiger partial charge < -0.3 is 19.5 Å². The zero-order chi connectivity index (χ0) is 32.5. The number of hydrogen-bond donors (Lipinski definition) is 1. The highest BCUT2D eigenvalue weighted by Crippen LogP contribution is 2.42. The van der Waals surface area contributed by atoms with Crippen molar-refractivity contribution in [3.05, 3.63) is 94.6 Å². The number of allylic oxidation sites excluding steroid dienone is 2. The average molecular weight is 626 g/mol. The highest BCUT2D eigenvalue weighted by molar-refractivity contribution is 6.11. The van der Waals surface area contributed by atoms with Crippen LogP contribution in [0.25, 0.3) is 0 Å². The molecule has 9 heteroatoms. The first-order valence-corrected chi connectivity index (χ1v) is 16.0. The number of carbonyl (C=O) groups excluding carboxylic acids is 3. The predicted octanol–water partition coefficient (Wildman–Crippen LogP) is 7.34. The van der Waals surface area contributed by atoms with Crippen LogP contribution in [0.1, 0.15) is 66.1 Å². The van der Waals surface area contributed by atoms with Gasteiger partial charge in [-0.1, -0.05) is 54.5 Å². The van der Waals surface area contributed by atoms with Crippen molar-refractivity contribution in [3.63, 3.8) is 0 Å². The predicted molar refractivity (Wildman–Crippen MR) is 179 cm³/mol. The molecular formula is C37H43N3O6. The van der Waals surface area contributed by atoms with E-state index in [2.05, 4.69) is 10.2 Å². The van der Waals surface area contributed by atoms with Gasteiger partial charge in [-0.25, -0.2) is 9.59 Å². The summed E-state index contributed by atoms with van der Waals surface area (Å²) in [6.07, 6.45) is 6.88. The molecule has 46 heavy (non-hydrogen) atoms. The second-order valence-electron chi connectivity index (χ2n) is 11.8. The molecular weight excluding hydrogens is 582 g/mol. The maximum Gasteiger partial charge on any atom is 0.341 e. The smallest absolute Gasteiger partial charge is 0.341 e. The van der Waals surface area contributed by atoms with Crippen molar-refractivity contribution >= 4 is 35.0 Å². The Morgan fingerprint density at radius 1 is 0.978 bits per heavy atom. The number of nitrogens with zero attached hydrogens (tertiary/aromatic N) is 2. The van der Waals surface area contributed by atoms with E-state index >= 15 is 0 Å². The second-order valence-corrected chi connectivity index (χ2v) is 11.8. The summed E-state index contributed by atoms with van der Waals surface area (Å²) in [5.41, 5.74) is 5.18. The zero-order valence-corrected chi connectivity index (χ0v) is 27.0. The lowest BCUT2D eigenvalue weighted by Gasteiger charge is -2.26. The maximum absolute atomic E-state index is 14.1. The molecule has 0 unspecified atom stereocenters. The maximum atomic E-state index is 14.1. The largest absolute Gasteiger partial charge is 0.496 e. The van der Waals surface area contributed by atoms with Crippen LogP contribution in [-0.4, -0.2) is 56.2 Å². The number of likely N-dealkylation sites (tertiary alicyclic amines) is 1. The molecule has 0 bridgehead atoms. The van der Waals surface area contributed by atoms with E-state index in [9.17, 15) is 14.4 Å². The first-order chi connectivity index (χ1) is 22.4. The highest BCUT2D eigenvalue weighted by atomic mass is 16.5. The lowest BCUT2D eigenvalue weighted by molar-refractivity contribution is -0.144. The highest BCUT2D eigenvalue weighted by Gasteiger charge is 2.33. The number of ether oxygens (including phenoxy) is 3. The molecule has 1 saturated heterocycles. The number of para-hydroxylation sites is 2. The summed E-state index contributed by atoms with van der Waals surface area (Å²) < 4.78 is 16.8. The second kappa shape index (κ2) is 15.6. The van der Waals surface area contributed by atoms with Gasteiger partial charge >= 0.3 is 18.0 Å². The number of rotatable bonds is 12. The van der Waals surface area contributed by atoms with Gasteiger partial charge in [-0.3, -0.25) is 14.6 Å². The number of benzene rings is 3. The van der Waals surface area contributed by atoms with E-state index in [-0.39, 0.29) is 19.0 Å². The quantitative estimate of drug-likeness (QED) is 0.166. The van der Waals surface area contributed by atoms with E-state index < -0.39 is 12.0 Å². The van der Waals surface area contributed by atoms with Crippen molar-refractivity contribution in [1.29, 1.82) is 0 Å². The Hall–Kier alpha value is -4.63. The fourth-order valence-electron chi connectivity index (χ4n) is 6.11. The standard InChI is InChI=1S/C37H43N3O6/c1-26(18-20-32(41)45-24-23-39-21-11-6-12-22-39)17-19-30-34(33-31(25-46-36(33)42)27(2)35(30)44-3)38-37(43)40(28-13-7-4-8-14-28)29-15-9-5-10-16-29/h4-5,7-10,13-17H,6,11-12,18-25H2,1-3H3,(H,38,43). The molecule has 1 fully saturated rings. The van der Waals surface area contributed by atoms with Crippen LogP contribution in [0.15, 0.2) is 72.3 Å². The van der Waals surface area contributed by atoms with Crippen molar-refractivity contribution in [2.75, 3.05) is 43.6 Å². The molecule has 2 aliphatic heterocycles. The molecule has 2 aliphatic rings. The number of nitrogens with one attached hydrogen (secondary N) is 1. The zero-order valence-electron chi connectivity index (χ0n) is 27.0. The number of fused-ring (bicyclic) bond motifs is 1. The number of hydrogen-bond acceptors (Lipinski definition) is 7. The number of esters is 2. The van der Waals surface area contributed by atoms with Crippen LogP contribution in [0.3, 0.4) is 0 Å². The van der Waals surface area contributed by atoms with Gasteiger partial charge in [0.2, 0.25) is 0 Å². The molecule has 2 amide bonds. The number of methoxy groups -OCH3 is 1. The molecule has 242 valence electrons. The van der Waals surface area contributed by atoms with Crippen molar-refractivity contribution in [3.8, 4) is 5.75 Å². The summed E-state index contributed by atoms with van der Waals surface area (Å²) in [7, 11) is 1.58. The molecule has 0 saturated carbocycles. The van der Waals surface area contributed by atoms with E-state index in [1.54, 1.807) is 12.0 Å². The normalized spacial score (nSPS) is 14.8. The summed E-state index contributed by atoms with van der Waals surface area (Å²) in [4.78, 5) is 43.6. The molecule has 9 nitrogen and oxygen atoms in total. The molecule has 3 aromatic carbocycles. The van der Waals surface area contributed by atoms with Gasteiger partial charge in [-0.05, 0) is 82.4 Å². The Balaban J connectivity index is 1.36. The Bertz CT molecular complexity index is 1530. The molecule has 0 spiro atoms. The number of amides is 2. The van der Waals surface area contributed by atoms with Crippen molar-refractivity contribution in [2.24, 2.45) is 0 Å². The first-order valence-electron chi connectivity index (χ1n) is 16.0.